The normalized spacial score (nSPS) is 15.6. The van der Waals surface area contributed by atoms with E-state index in [1.54, 1.807) is 14.2 Å². The Bertz CT molecular complexity index is 692. The van der Waals surface area contributed by atoms with Crippen LogP contribution in [0.25, 0.3) is 11.0 Å². The highest BCUT2D eigenvalue weighted by Crippen LogP contribution is 2.32. The zero-order valence-corrected chi connectivity index (χ0v) is 15.7. The van der Waals surface area contributed by atoms with Gasteiger partial charge >= 0.3 is 0 Å². The molecule has 1 aromatic carbocycles. The number of fused-ring (bicyclic) bond motifs is 1. The van der Waals surface area contributed by atoms with Crippen LogP contribution in [0.2, 0.25) is 0 Å². The summed E-state index contributed by atoms with van der Waals surface area (Å²) < 4.78 is 13.3. The van der Waals surface area contributed by atoms with Gasteiger partial charge in [-0.15, -0.1) is 0 Å². The molecule has 1 aliphatic heterocycles. The topological polar surface area (TPSA) is 51.6 Å². The summed E-state index contributed by atoms with van der Waals surface area (Å²) in [4.78, 5) is 7.43. The minimum atomic E-state index is 0.732. The zero-order chi connectivity index (χ0) is 17.6. The van der Waals surface area contributed by atoms with E-state index in [1.165, 1.54) is 32.4 Å². The van der Waals surface area contributed by atoms with Crippen LogP contribution in [0.3, 0.4) is 0 Å². The Labute approximate surface area is 150 Å². The molecule has 1 aliphatic rings. The Morgan fingerprint density at radius 1 is 1.04 bits per heavy atom. The van der Waals surface area contributed by atoms with Gasteiger partial charge in [-0.1, -0.05) is 6.42 Å². The van der Waals surface area contributed by atoms with Crippen LogP contribution in [0.15, 0.2) is 12.1 Å². The van der Waals surface area contributed by atoms with Crippen LogP contribution >= 0.6 is 0 Å². The largest absolute Gasteiger partial charge is 0.493 e. The average molecular weight is 346 g/mol. The number of benzene rings is 1. The van der Waals surface area contributed by atoms with Gasteiger partial charge in [-0.05, 0) is 33.0 Å². The van der Waals surface area contributed by atoms with Crippen LogP contribution in [0, 0.1) is 0 Å². The van der Waals surface area contributed by atoms with E-state index in [1.807, 2.05) is 13.1 Å². The van der Waals surface area contributed by atoms with Crippen molar-refractivity contribution in [1.82, 2.24) is 19.8 Å². The second-order valence-electron chi connectivity index (χ2n) is 6.63. The second-order valence-corrected chi connectivity index (χ2v) is 6.63. The molecule has 138 valence electrons. The molecule has 0 bridgehead atoms. The summed E-state index contributed by atoms with van der Waals surface area (Å²) in [6, 6.07) is 4.04. The molecule has 2 aromatic rings. The molecule has 1 aromatic heterocycles. The van der Waals surface area contributed by atoms with Crippen molar-refractivity contribution in [3.8, 4) is 11.5 Å². The molecule has 3 rings (SSSR count). The third-order valence-corrected chi connectivity index (χ3v) is 5.02. The molecule has 0 radical (unpaired) electrons. The monoisotopic (exact) mass is 346 g/mol. The van der Waals surface area contributed by atoms with Gasteiger partial charge < -0.3 is 24.3 Å². The molecule has 25 heavy (non-hydrogen) atoms. The van der Waals surface area contributed by atoms with E-state index in [-0.39, 0.29) is 0 Å². The highest BCUT2D eigenvalue weighted by molar-refractivity contribution is 5.80. The van der Waals surface area contributed by atoms with E-state index < -0.39 is 0 Å². The predicted molar refractivity (Wildman–Crippen MR) is 101 cm³/mol. The van der Waals surface area contributed by atoms with Gasteiger partial charge in [0.2, 0.25) is 0 Å². The van der Waals surface area contributed by atoms with Crippen molar-refractivity contribution < 1.29 is 9.47 Å². The Hall–Kier alpha value is -1.79. The van der Waals surface area contributed by atoms with Gasteiger partial charge in [0.25, 0.3) is 0 Å². The Balaban J connectivity index is 1.90. The molecule has 0 unspecified atom stereocenters. The smallest absolute Gasteiger partial charge is 0.163 e. The maximum Gasteiger partial charge on any atom is 0.163 e. The van der Waals surface area contributed by atoms with Crippen LogP contribution in [-0.4, -0.2) is 61.9 Å². The number of nitrogens with zero attached hydrogens (tertiary/aromatic N) is 3. The number of rotatable bonds is 8. The molecule has 0 spiro atoms. The Morgan fingerprint density at radius 2 is 1.76 bits per heavy atom. The number of hydrogen-bond acceptors (Lipinski definition) is 5. The van der Waals surface area contributed by atoms with Crippen LogP contribution in [0.5, 0.6) is 11.5 Å². The zero-order valence-electron chi connectivity index (χ0n) is 15.7. The lowest BCUT2D eigenvalue weighted by Crippen LogP contribution is -2.33. The fourth-order valence-corrected chi connectivity index (χ4v) is 3.60. The number of piperidine rings is 1. The van der Waals surface area contributed by atoms with E-state index in [4.69, 9.17) is 14.5 Å². The van der Waals surface area contributed by atoms with E-state index in [0.717, 1.165) is 54.4 Å². The lowest BCUT2D eigenvalue weighted by molar-refractivity contribution is 0.221. The minimum Gasteiger partial charge on any atom is -0.493 e. The first-order valence-electron chi connectivity index (χ1n) is 9.25. The summed E-state index contributed by atoms with van der Waals surface area (Å²) >= 11 is 0. The molecule has 0 atom stereocenters. The summed E-state index contributed by atoms with van der Waals surface area (Å²) in [7, 11) is 5.33. The highest BCUT2D eigenvalue weighted by Gasteiger charge is 2.16. The van der Waals surface area contributed by atoms with Gasteiger partial charge in [-0.3, -0.25) is 0 Å². The number of ether oxygens (including phenoxy) is 2. The predicted octanol–water partition coefficient (Wildman–Crippen LogP) is 2.30. The third kappa shape index (κ3) is 4.07. The maximum atomic E-state index is 5.50. The molecule has 1 fully saturated rings. The van der Waals surface area contributed by atoms with Gasteiger partial charge in [0, 0.05) is 38.2 Å². The lowest BCUT2D eigenvalue weighted by atomic mass is 10.1. The molecular weight excluding hydrogens is 316 g/mol. The summed E-state index contributed by atoms with van der Waals surface area (Å²) in [5, 5.41) is 3.23. The van der Waals surface area contributed by atoms with Crippen molar-refractivity contribution in [2.24, 2.45) is 0 Å². The fourth-order valence-electron chi connectivity index (χ4n) is 3.60. The standard InChI is InChI=1S/C19H30N4O2/c1-20-8-7-19-21-15-13-17(24-2)18(25-3)14-16(15)23(19)12-11-22-9-5-4-6-10-22/h13-14,20H,4-12H2,1-3H3. The van der Waals surface area contributed by atoms with E-state index in [0.29, 0.717) is 0 Å². The number of hydrogen-bond donors (Lipinski definition) is 1. The number of aromatic nitrogens is 2. The molecule has 0 amide bonds. The van der Waals surface area contributed by atoms with Crippen LogP contribution < -0.4 is 14.8 Å². The minimum absolute atomic E-state index is 0.732. The second kappa shape index (κ2) is 8.54. The summed E-state index contributed by atoms with van der Waals surface area (Å²) in [5.41, 5.74) is 2.10. The summed E-state index contributed by atoms with van der Waals surface area (Å²) in [6.07, 6.45) is 4.93. The van der Waals surface area contributed by atoms with Crippen molar-refractivity contribution in [3.63, 3.8) is 0 Å². The first-order valence-corrected chi connectivity index (χ1v) is 9.25. The lowest BCUT2D eigenvalue weighted by Gasteiger charge is -2.26. The highest BCUT2D eigenvalue weighted by atomic mass is 16.5. The molecular formula is C19H30N4O2. The number of methoxy groups -OCH3 is 2. The first-order chi connectivity index (χ1) is 12.3. The van der Waals surface area contributed by atoms with Crippen molar-refractivity contribution in [3.05, 3.63) is 18.0 Å². The molecule has 6 nitrogen and oxygen atoms in total. The molecule has 6 heteroatoms. The molecule has 0 aliphatic carbocycles. The van der Waals surface area contributed by atoms with Crippen LogP contribution in [0.1, 0.15) is 25.1 Å². The number of likely N-dealkylation sites (N-methyl/N-ethyl adjacent to an activating group) is 1. The maximum absolute atomic E-state index is 5.50. The molecule has 1 saturated heterocycles. The average Bonchev–Trinajstić information content (AvgIpc) is 3.00. The molecule has 2 heterocycles. The molecule has 1 N–H and O–H groups in total. The SMILES string of the molecule is CNCCc1nc2cc(OC)c(OC)cc2n1CCN1CCCCC1. The number of likely N-dealkylation sites (tertiary alicyclic amines) is 1. The van der Waals surface area contributed by atoms with Gasteiger partial charge in [0.15, 0.2) is 11.5 Å². The van der Waals surface area contributed by atoms with Gasteiger partial charge in [0.05, 0.1) is 25.3 Å². The van der Waals surface area contributed by atoms with Gasteiger partial charge in [0.1, 0.15) is 5.82 Å². The van der Waals surface area contributed by atoms with Crippen molar-refractivity contribution >= 4 is 11.0 Å². The quantitative estimate of drug-likeness (QED) is 0.795. The van der Waals surface area contributed by atoms with E-state index in [2.05, 4.69) is 20.9 Å². The van der Waals surface area contributed by atoms with Crippen LogP contribution in [0.4, 0.5) is 0 Å². The Kier molecular flexibility index (Phi) is 6.15. The van der Waals surface area contributed by atoms with Crippen molar-refractivity contribution in [2.45, 2.75) is 32.2 Å². The van der Waals surface area contributed by atoms with E-state index >= 15 is 0 Å². The Morgan fingerprint density at radius 3 is 2.44 bits per heavy atom. The number of nitrogens with one attached hydrogen (secondary N) is 1. The fraction of sp³-hybridized carbons (Fsp3) is 0.632. The van der Waals surface area contributed by atoms with Gasteiger partial charge in [-0.2, -0.15) is 0 Å². The molecule has 0 saturated carbocycles. The van der Waals surface area contributed by atoms with Gasteiger partial charge in [-0.25, -0.2) is 4.98 Å². The van der Waals surface area contributed by atoms with Crippen LogP contribution in [-0.2, 0) is 13.0 Å². The van der Waals surface area contributed by atoms with E-state index in [9.17, 15) is 0 Å². The summed E-state index contributed by atoms with van der Waals surface area (Å²) in [5.74, 6) is 2.61. The summed E-state index contributed by atoms with van der Waals surface area (Å²) in [6.45, 7) is 5.39. The van der Waals surface area contributed by atoms with Crippen molar-refractivity contribution in [1.29, 1.82) is 0 Å². The first kappa shape index (κ1) is 18.0. The van der Waals surface area contributed by atoms with Crippen molar-refractivity contribution in [2.75, 3.05) is 47.4 Å². The number of imidazole rings is 1. The third-order valence-electron chi connectivity index (χ3n) is 5.02.